The van der Waals surface area contributed by atoms with Crippen LogP contribution < -0.4 is 14.2 Å². The third-order valence-corrected chi connectivity index (χ3v) is 3.79. The molecule has 0 aliphatic carbocycles. The van der Waals surface area contributed by atoms with Gasteiger partial charge in [-0.2, -0.15) is 0 Å². The summed E-state index contributed by atoms with van der Waals surface area (Å²) in [6.07, 6.45) is 0. The highest BCUT2D eigenvalue weighted by Crippen LogP contribution is 2.44. The minimum atomic E-state index is -0.613. The molecule has 120 valence electrons. The molecule has 6 nitrogen and oxygen atoms in total. The van der Waals surface area contributed by atoms with E-state index in [1.807, 2.05) is 12.1 Å². The normalized spacial score (nSPS) is 11.8. The minimum Gasteiger partial charge on any atom is -0.507 e. The molecule has 0 unspecified atom stereocenters. The summed E-state index contributed by atoms with van der Waals surface area (Å²) in [5.41, 5.74) is 2.52. The largest absolute Gasteiger partial charge is 0.507 e. The van der Waals surface area contributed by atoms with Crippen LogP contribution in [0.15, 0.2) is 24.3 Å². The van der Waals surface area contributed by atoms with Crippen molar-refractivity contribution in [3.63, 3.8) is 0 Å². The maximum atomic E-state index is 11.8. The van der Waals surface area contributed by atoms with Gasteiger partial charge < -0.3 is 24.1 Å². The molecule has 3 rings (SSSR count). The molecule has 2 aromatic rings. The number of hydrogen-bond acceptors (Lipinski definition) is 6. The van der Waals surface area contributed by atoms with Gasteiger partial charge in [-0.15, -0.1) is 0 Å². The lowest BCUT2D eigenvalue weighted by molar-refractivity contribution is 0.0597. The number of aromatic hydroxyl groups is 1. The zero-order valence-corrected chi connectivity index (χ0v) is 13.0. The van der Waals surface area contributed by atoms with Gasteiger partial charge >= 0.3 is 5.97 Å². The van der Waals surface area contributed by atoms with Crippen LogP contribution in [0.2, 0.25) is 0 Å². The maximum absolute atomic E-state index is 11.8. The van der Waals surface area contributed by atoms with Crippen LogP contribution in [0.4, 0.5) is 0 Å². The highest BCUT2D eigenvalue weighted by atomic mass is 16.5. The maximum Gasteiger partial charge on any atom is 0.341 e. The standard InChI is InChI=1S/C17H16O6/c1-20-15-4-9-8-23-14-7-13(18)12(17(19)22-3)5-11(14)10(9)6-16(15)21-2/h4-7,18H,8H2,1-3H3. The predicted molar refractivity (Wildman–Crippen MR) is 82.3 cm³/mol. The van der Waals surface area contributed by atoms with Crippen molar-refractivity contribution in [1.29, 1.82) is 0 Å². The summed E-state index contributed by atoms with van der Waals surface area (Å²) >= 11 is 0. The molecule has 0 bridgehead atoms. The lowest BCUT2D eigenvalue weighted by atomic mass is 9.94. The third kappa shape index (κ3) is 2.42. The molecular formula is C17H16O6. The second-order valence-corrected chi connectivity index (χ2v) is 5.01. The molecular weight excluding hydrogens is 300 g/mol. The number of carbonyl (C=O) groups excluding carboxylic acids is 1. The fourth-order valence-electron chi connectivity index (χ4n) is 2.62. The summed E-state index contributed by atoms with van der Waals surface area (Å²) in [5.74, 6) is 0.879. The first-order valence-corrected chi connectivity index (χ1v) is 6.92. The Labute approximate surface area is 133 Å². The molecule has 1 N–H and O–H groups in total. The minimum absolute atomic E-state index is 0.0810. The number of rotatable bonds is 3. The van der Waals surface area contributed by atoms with Crippen LogP contribution in [0.5, 0.6) is 23.0 Å². The molecule has 0 radical (unpaired) electrons. The smallest absolute Gasteiger partial charge is 0.341 e. The third-order valence-electron chi connectivity index (χ3n) is 3.79. The second-order valence-electron chi connectivity index (χ2n) is 5.01. The van der Waals surface area contributed by atoms with Crippen LogP contribution in [0.25, 0.3) is 11.1 Å². The summed E-state index contributed by atoms with van der Waals surface area (Å²) in [7, 11) is 4.38. The van der Waals surface area contributed by atoms with Crippen molar-refractivity contribution in [3.8, 4) is 34.1 Å². The van der Waals surface area contributed by atoms with Gasteiger partial charge in [0.05, 0.1) is 21.3 Å². The first-order valence-electron chi connectivity index (χ1n) is 6.92. The highest BCUT2D eigenvalue weighted by molar-refractivity contribution is 5.95. The molecule has 0 fully saturated rings. The van der Waals surface area contributed by atoms with Crippen LogP contribution >= 0.6 is 0 Å². The van der Waals surface area contributed by atoms with E-state index in [2.05, 4.69) is 0 Å². The SMILES string of the molecule is COC(=O)c1cc2c(cc1O)OCc1cc(OC)c(OC)cc1-2. The van der Waals surface area contributed by atoms with Gasteiger partial charge in [0.15, 0.2) is 11.5 Å². The average molecular weight is 316 g/mol. The molecule has 0 atom stereocenters. The van der Waals surface area contributed by atoms with Crippen LogP contribution in [-0.2, 0) is 11.3 Å². The van der Waals surface area contributed by atoms with Gasteiger partial charge in [0.2, 0.25) is 0 Å². The Kier molecular flexibility index (Phi) is 3.73. The van der Waals surface area contributed by atoms with E-state index in [1.54, 1.807) is 20.3 Å². The summed E-state index contributed by atoms with van der Waals surface area (Å²) < 4.78 is 21.0. The number of fused-ring (bicyclic) bond motifs is 3. The summed E-state index contributed by atoms with van der Waals surface area (Å²) in [5, 5.41) is 9.97. The van der Waals surface area contributed by atoms with Crippen LogP contribution in [0.1, 0.15) is 15.9 Å². The van der Waals surface area contributed by atoms with E-state index < -0.39 is 5.97 Å². The average Bonchev–Trinajstić information content (AvgIpc) is 2.58. The van der Waals surface area contributed by atoms with Crippen LogP contribution in [0, 0.1) is 0 Å². The van der Waals surface area contributed by atoms with E-state index >= 15 is 0 Å². The van der Waals surface area contributed by atoms with Crippen molar-refractivity contribution in [2.45, 2.75) is 6.61 Å². The zero-order chi connectivity index (χ0) is 16.6. The molecule has 2 aromatic carbocycles. The number of benzene rings is 2. The van der Waals surface area contributed by atoms with Gasteiger partial charge in [0.1, 0.15) is 23.7 Å². The number of carbonyl (C=O) groups is 1. The van der Waals surface area contributed by atoms with Crippen molar-refractivity contribution >= 4 is 5.97 Å². The Bertz CT molecular complexity index is 781. The van der Waals surface area contributed by atoms with E-state index in [1.165, 1.54) is 13.2 Å². The highest BCUT2D eigenvalue weighted by Gasteiger charge is 2.24. The quantitative estimate of drug-likeness (QED) is 0.878. The molecule has 1 aliphatic rings. The summed E-state index contributed by atoms with van der Waals surface area (Å²) in [6.45, 7) is 0.333. The molecule has 1 aliphatic heterocycles. The number of phenolic OH excluding ortho intramolecular Hbond substituents is 1. The molecule has 6 heteroatoms. The number of hydrogen-bond donors (Lipinski definition) is 1. The number of phenols is 1. The van der Waals surface area contributed by atoms with Gasteiger partial charge in [0.25, 0.3) is 0 Å². The van der Waals surface area contributed by atoms with Gasteiger partial charge in [-0.1, -0.05) is 0 Å². The Morgan fingerprint density at radius 3 is 2.39 bits per heavy atom. The van der Waals surface area contributed by atoms with E-state index in [4.69, 9.17) is 18.9 Å². The van der Waals surface area contributed by atoms with E-state index in [0.717, 1.165) is 11.1 Å². The van der Waals surface area contributed by atoms with Gasteiger partial charge in [-0.3, -0.25) is 0 Å². The van der Waals surface area contributed by atoms with Crippen molar-refractivity contribution in [2.75, 3.05) is 21.3 Å². The van der Waals surface area contributed by atoms with Crippen molar-refractivity contribution in [1.82, 2.24) is 0 Å². The predicted octanol–water partition coefficient (Wildman–Crippen LogP) is 2.76. The van der Waals surface area contributed by atoms with Crippen molar-refractivity contribution in [3.05, 3.63) is 35.4 Å². The molecule has 0 saturated heterocycles. The molecule has 0 spiro atoms. The van der Waals surface area contributed by atoms with E-state index in [9.17, 15) is 9.90 Å². The molecule has 0 aromatic heterocycles. The summed E-state index contributed by atoms with van der Waals surface area (Å²) in [4.78, 5) is 11.8. The van der Waals surface area contributed by atoms with Gasteiger partial charge in [-0.25, -0.2) is 4.79 Å². The van der Waals surface area contributed by atoms with Gasteiger partial charge in [-0.05, 0) is 23.8 Å². The Morgan fingerprint density at radius 1 is 1.04 bits per heavy atom. The fraction of sp³-hybridized carbons (Fsp3) is 0.235. The van der Waals surface area contributed by atoms with Gasteiger partial charge in [0, 0.05) is 17.2 Å². The first-order chi connectivity index (χ1) is 11.1. The molecule has 0 saturated carbocycles. The van der Waals surface area contributed by atoms with E-state index in [0.29, 0.717) is 29.4 Å². The monoisotopic (exact) mass is 316 g/mol. The number of ether oxygens (including phenoxy) is 4. The van der Waals surface area contributed by atoms with Crippen molar-refractivity contribution in [2.24, 2.45) is 0 Å². The van der Waals surface area contributed by atoms with Crippen LogP contribution in [0.3, 0.4) is 0 Å². The topological polar surface area (TPSA) is 74.2 Å². The second kappa shape index (κ2) is 5.72. The van der Waals surface area contributed by atoms with E-state index in [-0.39, 0.29) is 11.3 Å². The fourth-order valence-corrected chi connectivity index (χ4v) is 2.62. The number of methoxy groups -OCH3 is 3. The molecule has 23 heavy (non-hydrogen) atoms. The Morgan fingerprint density at radius 2 is 1.74 bits per heavy atom. The Hall–Kier alpha value is -2.89. The zero-order valence-electron chi connectivity index (χ0n) is 13.0. The van der Waals surface area contributed by atoms with Crippen LogP contribution in [-0.4, -0.2) is 32.4 Å². The molecule has 1 heterocycles. The Balaban J connectivity index is 2.21. The summed E-state index contributed by atoms with van der Waals surface area (Å²) in [6, 6.07) is 6.64. The first kappa shape index (κ1) is 15.0. The van der Waals surface area contributed by atoms with Crippen molar-refractivity contribution < 1.29 is 28.8 Å². The lowest BCUT2D eigenvalue weighted by Gasteiger charge is -2.23. The molecule has 0 amide bonds. The lowest BCUT2D eigenvalue weighted by Crippen LogP contribution is -2.09. The number of esters is 1.